The molecule has 1 aromatic carbocycles. The number of para-hydroxylation sites is 1. The first kappa shape index (κ1) is 17.1. The van der Waals surface area contributed by atoms with Gasteiger partial charge in [0, 0.05) is 18.8 Å². The summed E-state index contributed by atoms with van der Waals surface area (Å²) >= 11 is 13.5. The minimum absolute atomic E-state index is 0.167. The number of hydrogen-bond acceptors (Lipinski definition) is 5. The van der Waals surface area contributed by atoms with Gasteiger partial charge in [-0.3, -0.25) is 4.79 Å². The summed E-state index contributed by atoms with van der Waals surface area (Å²) in [5, 5.41) is 17.1. The number of amides is 1. The van der Waals surface area contributed by atoms with Crippen LogP contribution >= 0.6 is 34.5 Å². The zero-order chi connectivity index (χ0) is 17.3. The van der Waals surface area contributed by atoms with Gasteiger partial charge < -0.3 is 5.32 Å². The van der Waals surface area contributed by atoms with E-state index in [-0.39, 0.29) is 18.2 Å². The Bertz CT molecular complexity index is 869. The Morgan fingerprint density at radius 2 is 2.00 bits per heavy atom. The maximum absolute atomic E-state index is 12.1. The molecule has 0 saturated heterocycles. The maximum Gasteiger partial charge on any atom is 0.234 e. The molecule has 0 unspecified atom stereocenters. The lowest BCUT2D eigenvalue weighted by Gasteiger charge is -2.08. The molecule has 3 rings (SSSR count). The average Bonchev–Trinajstić information content (AvgIpc) is 3.08. The molecule has 0 saturated carbocycles. The molecule has 2 heterocycles. The van der Waals surface area contributed by atoms with Crippen molar-refractivity contribution in [3.05, 3.63) is 39.1 Å². The molecule has 2 aromatic heterocycles. The third-order valence-corrected chi connectivity index (χ3v) is 4.95. The van der Waals surface area contributed by atoms with Crippen LogP contribution in [0.3, 0.4) is 0 Å². The van der Waals surface area contributed by atoms with Crippen molar-refractivity contribution in [1.82, 2.24) is 19.8 Å². The fourth-order valence-electron chi connectivity index (χ4n) is 2.17. The van der Waals surface area contributed by atoms with Crippen LogP contribution in [-0.4, -0.2) is 25.7 Å². The van der Waals surface area contributed by atoms with Crippen molar-refractivity contribution >= 4 is 51.1 Å². The van der Waals surface area contributed by atoms with E-state index in [1.54, 1.807) is 22.7 Å². The van der Waals surface area contributed by atoms with Gasteiger partial charge in [0.2, 0.25) is 10.9 Å². The summed E-state index contributed by atoms with van der Waals surface area (Å²) in [6.07, 6.45) is 0.794. The Hall–Kier alpha value is -1.70. The van der Waals surface area contributed by atoms with Gasteiger partial charge >= 0.3 is 0 Å². The molecule has 0 aliphatic rings. The van der Waals surface area contributed by atoms with Gasteiger partial charge in [-0.2, -0.15) is 9.61 Å². The van der Waals surface area contributed by atoms with Crippen molar-refractivity contribution in [2.24, 2.45) is 0 Å². The summed E-state index contributed by atoms with van der Waals surface area (Å²) in [6, 6.07) is 5.09. The highest BCUT2D eigenvalue weighted by Gasteiger charge is 2.15. The highest BCUT2D eigenvalue weighted by atomic mass is 35.5. The number of hydrogen-bond donors (Lipinski definition) is 1. The lowest BCUT2D eigenvalue weighted by atomic mass is 10.2. The summed E-state index contributed by atoms with van der Waals surface area (Å²) in [7, 11) is 0. The van der Waals surface area contributed by atoms with Crippen LogP contribution in [0.5, 0.6) is 0 Å². The van der Waals surface area contributed by atoms with E-state index >= 15 is 0 Å². The molecule has 0 aliphatic heterocycles. The predicted octanol–water partition coefficient (Wildman–Crippen LogP) is 4.19. The second kappa shape index (κ2) is 7.04. The van der Waals surface area contributed by atoms with Crippen molar-refractivity contribution in [1.29, 1.82) is 0 Å². The van der Waals surface area contributed by atoms with E-state index in [0.29, 0.717) is 22.2 Å². The summed E-state index contributed by atoms with van der Waals surface area (Å²) in [4.78, 5) is 12.9. The number of anilines is 1. The van der Waals surface area contributed by atoms with E-state index in [4.69, 9.17) is 23.2 Å². The topological polar surface area (TPSA) is 72.2 Å². The van der Waals surface area contributed by atoms with E-state index < -0.39 is 0 Å². The molecule has 0 atom stereocenters. The summed E-state index contributed by atoms with van der Waals surface area (Å²) in [5.74, 6) is 0.889. The molecule has 1 N–H and O–H groups in total. The Morgan fingerprint density at radius 1 is 1.29 bits per heavy atom. The van der Waals surface area contributed by atoms with Crippen LogP contribution in [0.4, 0.5) is 5.69 Å². The number of carbonyl (C=O) groups excluding carboxylic acids is 1. The van der Waals surface area contributed by atoms with Crippen LogP contribution in [0.2, 0.25) is 10.0 Å². The molecule has 0 bridgehead atoms. The molecule has 9 heteroatoms. The van der Waals surface area contributed by atoms with Gasteiger partial charge in [-0.1, -0.05) is 54.5 Å². The van der Waals surface area contributed by atoms with E-state index in [1.807, 2.05) is 13.8 Å². The fourth-order valence-corrected chi connectivity index (χ4v) is 3.50. The second-order valence-electron chi connectivity index (χ2n) is 5.55. The smallest absolute Gasteiger partial charge is 0.234 e. The van der Waals surface area contributed by atoms with Crippen molar-refractivity contribution in [3.63, 3.8) is 0 Å². The van der Waals surface area contributed by atoms with Crippen LogP contribution in [0.1, 0.15) is 37.0 Å². The number of nitrogens with zero attached hydrogens (tertiary/aromatic N) is 4. The summed E-state index contributed by atoms with van der Waals surface area (Å²) < 4.78 is 1.74. The van der Waals surface area contributed by atoms with Crippen molar-refractivity contribution in [3.8, 4) is 0 Å². The number of rotatable bonds is 5. The number of aromatic nitrogens is 4. The highest BCUT2D eigenvalue weighted by molar-refractivity contribution is 7.16. The zero-order valence-corrected chi connectivity index (χ0v) is 15.4. The number of aryl methyl sites for hydroxylation is 1. The average molecular weight is 384 g/mol. The normalized spacial score (nSPS) is 11.4. The third kappa shape index (κ3) is 3.53. The van der Waals surface area contributed by atoms with Crippen LogP contribution in [0.25, 0.3) is 4.96 Å². The molecule has 1 amide bonds. The largest absolute Gasteiger partial charge is 0.324 e. The first-order valence-electron chi connectivity index (χ1n) is 7.40. The summed E-state index contributed by atoms with van der Waals surface area (Å²) in [5.41, 5.74) is 0.436. The molecule has 24 heavy (non-hydrogen) atoms. The van der Waals surface area contributed by atoms with Crippen molar-refractivity contribution in [2.45, 2.75) is 32.6 Å². The quantitative estimate of drug-likeness (QED) is 0.716. The number of fused-ring (bicyclic) bond motifs is 1. The molecule has 0 radical (unpaired) electrons. The molecule has 0 spiro atoms. The molecule has 0 fully saturated rings. The van der Waals surface area contributed by atoms with Gasteiger partial charge in [-0.25, -0.2) is 0 Å². The summed E-state index contributed by atoms with van der Waals surface area (Å²) in [6.45, 7) is 4.08. The van der Waals surface area contributed by atoms with Gasteiger partial charge in [-0.05, 0) is 12.1 Å². The number of halogens is 2. The van der Waals surface area contributed by atoms with E-state index in [0.717, 1.165) is 15.8 Å². The fraction of sp³-hybridized carbons (Fsp3) is 0.333. The standard InChI is InChI=1S/C15H15Cl2N5OS/c1-8(2)14-19-20-15-22(14)21-12(24-15)7-6-11(23)18-13-9(16)4-3-5-10(13)17/h3-5,8H,6-7H2,1-2H3,(H,18,23). The van der Waals surface area contributed by atoms with Crippen LogP contribution in [-0.2, 0) is 11.2 Å². The number of carbonyl (C=O) groups is 1. The first-order valence-corrected chi connectivity index (χ1v) is 8.98. The molecule has 6 nitrogen and oxygen atoms in total. The van der Waals surface area contributed by atoms with Crippen molar-refractivity contribution in [2.75, 3.05) is 5.32 Å². The van der Waals surface area contributed by atoms with Crippen LogP contribution < -0.4 is 5.32 Å². The zero-order valence-electron chi connectivity index (χ0n) is 13.1. The first-order chi connectivity index (χ1) is 11.5. The number of benzene rings is 1. The van der Waals surface area contributed by atoms with Crippen LogP contribution in [0.15, 0.2) is 18.2 Å². The minimum atomic E-state index is -0.167. The molecule has 3 aromatic rings. The number of nitrogens with one attached hydrogen (secondary N) is 1. The van der Waals surface area contributed by atoms with Gasteiger partial charge in [0.05, 0.1) is 15.7 Å². The second-order valence-corrected chi connectivity index (χ2v) is 7.40. The van der Waals surface area contributed by atoms with E-state index in [2.05, 4.69) is 20.6 Å². The minimum Gasteiger partial charge on any atom is -0.324 e. The van der Waals surface area contributed by atoms with Gasteiger partial charge in [-0.15, -0.1) is 10.2 Å². The van der Waals surface area contributed by atoms with E-state index in [9.17, 15) is 4.79 Å². The SMILES string of the molecule is CC(C)c1nnc2sc(CCC(=O)Nc3c(Cl)cccc3Cl)nn12. The highest BCUT2D eigenvalue weighted by Crippen LogP contribution is 2.30. The third-order valence-electron chi connectivity index (χ3n) is 3.37. The van der Waals surface area contributed by atoms with Gasteiger partial charge in [0.25, 0.3) is 0 Å². The Balaban J connectivity index is 1.66. The maximum atomic E-state index is 12.1. The molecule has 0 aliphatic carbocycles. The Kier molecular flexibility index (Phi) is 5.03. The lowest BCUT2D eigenvalue weighted by Crippen LogP contribution is -2.13. The Labute approximate surface area is 152 Å². The van der Waals surface area contributed by atoms with Crippen molar-refractivity contribution < 1.29 is 4.79 Å². The van der Waals surface area contributed by atoms with E-state index in [1.165, 1.54) is 11.3 Å². The van der Waals surface area contributed by atoms with Crippen LogP contribution in [0, 0.1) is 0 Å². The van der Waals surface area contributed by atoms with Gasteiger partial charge in [0.15, 0.2) is 5.82 Å². The molecular formula is C15H15Cl2N5OS. The molecule has 126 valence electrons. The molecular weight excluding hydrogens is 369 g/mol. The lowest BCUT2D eigenvalue weighted by molar-refractivity contribution is -0.116. The van der Waals surface area contributed by atoms with Gasteiger partial charge in [0.1, 0.15) is 5.01 Å². The Morgan fingerprint density at radius 3 is 2.67 bits per heavy atom. The predicted molar refractivity (Wildman–Crippen MR) is 96.2 cm³/mol. The monoisotopic (exact) mass is 383 g/mol.